The van der Waals surface area contributed by atoms with Crippen LogP contribution in [0.2, 0.25) is 0 Å². The normalized spacial score (nSPS) is 15.7. The Kier molecular flexibility index (Phi) is 5.41. The Morgan fingerprint density at radius 2 is 1.96 bits per heavy atom. The molecule has 0 spiro atoms. The molecule has 25 heavy (non-hydrogen) atoms. The summed E-state index contributed by atoms with van der Waals surface area (Å²) in [5.74, 6) is 0. The fraction of sp³-hybridized carbons (Fsp3) is 0.353. The molecule has 6 nitrogen and oxygen atoms in total. The van der Waals surface area contributed by atoms with Crippen molar-refractivity contribution in [1.29, 1.82) is 0 Å². The van der Waals surface area contributed by atoms with E-state index in [1.165, 1.54) is 6.21 Å². The minimum Gasteiger partial charge on any atom is -0.378 e. The number of thiophene rings is 1. The van der Waals surface area contributed by atoms with E-state index >= 15 is 0 Å². The molecule has 0 aliphatic carbocycles. The van der Waals surface area contributed by atoms with E-state index in [4.69, 9.17) is 4.74 Å². The first-order chi connectivity index (χ1) is 12.0. The zero-order valence-corrected chi connectivity index (χ0v) is 15.9. The van der Waals surface area contributed by atoms with Gasteiger partial charge in [-0.2, -0.15) is 13.5 Å². The molecule has 2 heterocycles. The fourth-order valence-electron chi connectivity index (χ4n) is 2.57. The molecule has 1 N–H and O–H groups in total. The minimum absolute atomic E-state index is 0.254. The van der Waals surface area contributed by atoms with Gasteiger partial charge in [-0.3, -0.25) is 0 Å². The highest BCUT2D eigenvalue weighted by molar-refractivity contribution is 7.89. The summed E-state index contributed by atoms with van der Waals surface area (Å²) in [5.41, 5.74) is 1.59. The van der Waals surface area contributed by atoms with Gasteiger partial charge in [-0.05, 0) is 43.2 Å². The predicted molar refractivity (Wildman–Crippen MR) is 101 cm³/mol. The molecule has 8 heteroatoms. The summed E-state index contributed by atoms with van der Waals surface area (Å²) in [7, 11) is -3.67. The first kappa shape index (κ1) is 17.9. The number of nitrogens with zero attached hydrogens (tertiary/aromatic N) is 2. The van der Waals surface area contributed by atoms with E-state index in [1.807, 2.05) is 25.1 Å². The lowest BCUT2D eigenvalue weighted by Gasteiger charge is -2.27. The molecule has 1 aliphatic rings. The number of aryl methyl sites for hydroxylation is 2. The number of morpholine rings is 1. The third-order valence-electron chi connectivity index (χ3n) is 3.93. The molecule has 2 aromatic rings. The van der Waals surface area contributed by atoms with Crippen LogP contribution in [0.15, 0.2) is 40.3 Å². The lowest BCUT2D eigenvalue weighted by Crippen LogP contribution is -2.35. The molecule has 3 rings (SSSR count). The highest BCUT2D eigenvalue weighted by atomic mass is 32.2. The number of ether oxygens (including phenoxy) is 1. The second-order valence-corrected chi connectivity index (χ2v) is 8.62. The Bertz CT molecular complexity index is 869. The van der Waals surface area contributed by atoms with Crippen LogP contribution in [0.1, 0.15) is 16.0 Å². The summed E-state index contributed by atoms with van der Waals surface area (Å²) in [6.07, 6.45) is 1.54. The summed E-state index contributed by atoms with van der Waals surface area (Å²) in [4.78, 5) is 5.70. The van der Waals surface area contributed by atoms with E-state index in [1.54, 1.807) is 30.4 Å². The van der Waals surface area contributed by atoms with Gasteiger partial charge in [0.05, 0.1) is 29.3 Å². The van der Waals surface area contributed by atoms with Gasteiger partial charge in [0.2, 0.25) is 0 Å². The van der Waals surface area contributed by atoms with Crippen molar-refractivity contribution in [2.45, 2.75) is 18.7 Å². The molecule has 0 atom stereocenters. The van der Waals surface area contributed by atoms with Crippen molar-refractivity contribution < 1.29 is 13.2 Å². The van der Waals surface area contributed by atoms with Crippen LogP contribution >= 0.6 is 11.3 Å². The zero-order chi connectivity index (χ0) is 17.9. The Balaban J connectivity index is 1.68. The summed E-state index contributed by atoms with van der Waals surface area (Å²) in [6, 6.07) is 9.29. The van der Waals surface area contributed by atoms with Gasteiger partial charge in [-0.25, -0.2) is 4.83 Å². The van der Waals surface area contributed by atoms with Crippen molar-refractivity contribution in [3.63, 3.8) is 0 Å². The van der Waals surface area contributed by atoms with E-state index < -0.39 is 10.0 Å². The number of sulfonamides is 1. The number of benzene rings is 1. The number of hydrazone groups is 1. The Morgan fingerprint density at radius 3 is 2.72 bits per heavy atom. The highest BCUT2D eigenvalue weighted by Gasteiger charge is 2.16. The van der Waals surface area contributed by atoms with Gasteiger partial charge in [-0.15, -0.1) is 11.3 Å². The maximum Gasteiger partial charge on any atom is 0.276 e. The summed E-state index contributed by atoms with van der Waals surface area (Å²) >= 11 is 1.58. The summed E-state index contributed by atoms with van der Waals surface area (Å²) in [6.45, 7) is 6.84. The Labute approximate surface area is 152 Å². The number of hydrogen-bond donors (Lipinski definition) is 1. The second-order valence-electron chi connectivity index (χ2n) is 5.90. The maximum atomic E-state index is 12.4. The zero-order valence-electron chi connectivity index (χ0n) is 14.2. The number of rotatable bonds is 5. The van der Waals surface area contributed by atoms with E-state index in [2.05, 4.69) is 14.8 Å². The molecule has 0 amide bonds. The van der Waals surface area contributed by atoms with Gasteiger partial charge in [0.1, 0.15) is 0 Å². The van der Waals surface area contributed by atoms with Crippen LogP contribution in [0, 0.1) is 13.8 Å². The molecule has 0 bridgehead atoms. The second kappa shape index (κ2) is 7.55. The van der Waals surface area contributed by atoms with Gasteiger partial charge >= 0.3 is 0 Å². The van der Waals surface area contributed by atoms with Crippen LogP contribution in [0.3, 0.4) is 0 Å². The minimum atomic E-state index is -3.67. The average molecular weight is 380 g/mol. The van der Waals surface area contributed by atoms with E-state index in [0.717, 1.165) is 41.7 Å². The van der Waals surface area contributed by atoms with Crippen molar-refractivity contribution in [1.82, 2.24) is 4.83 Å². The molecule has 1 fully saturated rings. The molecular weight excluding hydrogens is 358 g/mol. The van der Waals surface area contributed by atoms with Gasteiger partial charge < -0.3 is 9.64 Å². The van der Waals surface area contributed by atoms with Crippen LogP contribution in [0.25, 0.3) is 0 Å². The SMILES string of the molecule is Cc1ccc(C)c(S(=O)(=O)N/N=C\c2ccc(N3CCOCC3)s2)c1. The lowest BCUT2D eigenvalue weighted by atomic mass is 10.2. The molecule has 0 unspecified atom stereocenters. The largest absolute Gasteiger partial charge is 0.378 e. The number of nitrogens with one attached hydrogen (secondary N) is 1. The van der Waals surface area contributed by atoms with Crippen LogP contribution in [-0.4, -0.2) is 40.9 Å². The van der Waals surface area contributed by atoms with Crippen LogP contribution in [-0.2, 0) is 14.8 Å². The van der Waals surface area contributed by atoms with Gasteiger partial charge in [-0.1, -0.05) is 12.1 Å². The Hall–Kier alpha value is -1.90. The standard InChI is InChI=1S/C17H21N3O3S2/c1-13-3-4-14(2)16(11-13)25(21,22)19-18-12-15-5-6-17(24-15)20-7-9-23-10-8-20/h3-6,11-12,19H,7-10H2,1-2H3/b18-12-. The summed E-state index contributed by atoms with van der Waals surface area (Å²) < 4.78 is 30.2. The van der Waals surface area contributed by atoms with Crippen molar-refractivity contribution in [3.05, 3.63) is 46.3 Å². The van der Waals surface area contributed by atoms with E-state index in [-0.39, 0.29) is 4.90 Å². The van der Waals surface area contributed by atoms with E-state index in [9.17, 15) is 8.42 Å². The molecule has 1 aliphatic heterocycles. The van der Waals surface area contributed by atoms with Crippen LogP contribution < -0.4 is 9.73 Å². The first-order valence-electron chi connectivity index (χ1n) is 8.00. The lowest BCUT2D eigenvalue weighted by molar-refractivity contribution is 0.123. The smallest absolute Gasteiger partial charge is 0.276 e. The molecule has 1 aromatic carbocycles. The predicted octanol–water partition coefficient (Wildman–Crippen LogP) is 2.51. The maximum absolute atomic E-state index is 12.4. The van der Waals surface area contributed by atoms with Crippen molar-refractivity contribution in [3.8, 4) is 0 Å². The summed E-state index contributed by atoms with van der Waals surface area (Å²) in [5, 5.41) is 5.06. The first-order valence-corrected chi connectivity index (χ1v) is 10.3. The molecule has 134 valence electrons. The van der Waals surface area contributed by atoms with Crippen molar-refractivity contribution in [2.24, 2.45) is 5.10 Å². The monoisotopic (exact) mass is 379 g/mol. The molecule has 0 saturated carbocycles. The Morgan fingerprint density at radius 1 is 1.20 bits per heavy atom. The van der Waals surface area contributed by atoms with Crippen molar-refractivity contribution >= 4 is 32.6 Å². The quantitative estimate of drug-likeness (QED) is 0.640. The third kappa shape index (κ3) is 4.39. The molecule has 1 aromatic heterocycles. The molecular formula is C17H21N3O3S2. The number of anilines is 1. The van der Waals surface area contributed by atoms with Crippen molar-refractivity contribution in [2.75, 3.05) is 31.2 Å². The topological polar surface area (TPSA) is 71.0 Å². The van der Waals surface area contributed by atoms with E-state index in [0.29, 0.717) is 5.56 Å². The van der Waals surface area contributed by atoms with Gasteiger partial charge in [0.25, 0.3) is 10.0 Å². The van der Waals surface area contributed by atoms with Gasteiger partial charge in [0.15, 0.2) is 0 Å². The fourth-order valence-corrected chi connectivity index (χ4v) is 4.62. The number of hydrogen-bond acceptors (Lipinski definition) is 6. The van der Waals surface area contributed by atoms with Gasteiger partial charge in [0, 0.05) is 18.0 Å². The highest BCUT2D eigenvalue weighted by Crippen LogP contribution is 2.25. The average Bonchev–Trinajstić information content (AvgIpc) is 3.06. The third-order valence-corrected chi connectivity index (χ3v) is 6.38. The molecule has 1 saturated heterocycles. The van der Waals surface area contributed by atoms with Crippen LogP contribution in [0.5, 0.6) is 0 Å². The molecule has 0 radical (unpaired) electrons. The van der Waals surface area contributed by atoms with Crippen LogP contribution in [0.4, 0.5) is 5.00 Å².